The lowest BCUT2D eigenvalue weighted by molar-refractivity contribution is 0.0538. The minimum absolute atomic E-state index is 0.197. The zero-order valence-electron chi connectivity index (χ0n) is 13.0. The van der Waals surface area contributed by atoms with Gasteiger partial charge in [0.2, 0.25) is 0 Å². The Bertz CT molecular complexity index is 890. The van der Waals surface area contributed by atoms with Gasteiger partial charge in [0.1, 0.15) is 24.8 Å². The van der Waals surface area contributed by atoms with Crippen molar-refractivity contribution >= 4 is 34.9 Å². The van der Waals surface area contributed by atoms with Crippen LogP contribution in [-0.4, -0.2) is 32.1 Å². The average molecular weight is 343 g/mol. The SMILES string of the molecule is CC/C(=C/n1cnc2c(Cl)ncnc21)COC(=O)c1ccccc1. The second-order valence-electron chi connectivity index (χ2n) is 5.07. The van der Waals surface area contributed by atoms with Gasteiger partial charge >= 0.3 is 5.97 Å². The maximum atomic E-state index is 12.0. The Hall–Kier alpha value is -2.73. The molecular weight excluding hydrogens is 328 g/mol. The number of carbonyl (C=O) groups is 1. The normalized spacial score (nSPS) is 11.7. The predicted octanol–water partition coefficient (Wildman–Crippen LogP) is 3.59. The van der Waals surface area contributed by atoms with Gasteiger partial charge in [-0.2, -0.15) is 0 Å². The smallest absolute Gasteiger partial charge is 0.338 e. The highest BCUT2D eigenvalue weighted by Crippen LogP contribution is 2.18. The van der Waals surface area contributed by atoms with Crippen molar-refractivity contribution in [2.75, 3.05) is 6.61 Å². The number of nitrogens with zero attached hydrogens (tertiary/aromatic N) is 4. The number of aromatic nitrogens is 4. The van der Waals surface area contributed by atoms with E-state index < -0.39 is 0 Å². The van der Waals surface area contributed by atoms with E-state index in [1.165, 1.54) is 6.33 Å². The third-order valence-corrected chi connectivity index (χ3v) is 3.76. The minimum atomic E-state index is -0.351. The molecule has 6 nitrogen and oxygen atoms in total. The fourth-order valence-electron chi connectivity index (χ4n) is 2.16. The van der Waals surface area contributed by atoms with E-state index in [-0.39, 0.29) is 12.6 Å². The van der Waals surface area contributed by atoms with Gasteiger partial charge in [-0.1, -0.05) is 36.7 Å². The first-order valence-corrected chi connectivity index (χ1v) is 7.81. The molecule has 122 valence electrons. The van der Waals surface area contributed by atoms with E-state index in [4.69, 9.17) is 16.3 Å². The van der Waals surface area contributed by atoms with Crippen LogP contribution in [0.5, 0.6) is 0 Å². The molecule has 3 aromatic rings. The second-order valence-corrected chi connectivity index (χ2v) is 5.43. The lowest BCUT2D eigenvalue weighted by atomic mass is 10.2. The van der Waals surface area contributed by atoms with Gasteiger partial charge in [0.15, 0.2) is 10.8 Å². The van der Waals surface area contributed by atoms with E-state index in [0.717, 1.165) is 12.0 Å². The zero-order chi connectivity index (χ0) is 16.9. The summed E-state index contributed by atoms with van der Waals surface area (Å²) in [5.74, 6) is -0.351. The van der Waals surface area contributed by atoms with Crippen molar-refractivity contribution in [1.82, 2.24) is 19.5 Å². The quantitative estimate of drug-likeness (QED) is 0.523. The zero-order valence-corrected chi connectivity index (χ0v) is 13.8. The molecule has 7 heteroatoms. The molecule has 2 aromatic heterocycles. The molecule has 0 aliphatic rings. The number of fused-ring (bicyclic) bond motifs is 1. The Kier molecular flexibility index (Phi) is 4.86. The van der Waals surface area contributed by atoms with E-state index in [1.807, 2.05) is 19.2 Å². The number of rotatable bonds is 5. The first-order valence-electron chi connectivity index (χ1n) is 7.43. The molecule has 0 bridgehead atoms. The summed E-state index contributed by atoms with van der Waals surface area (Å²) in [7, 11) is 0. The second kappa shape index (κ2) is 7.23. The molecule has 24 heavy (non-hydrogen) atoms. The van der Waals surface area contributed by atoms with Gasteiger partial charge in [-0.3, -0.25) is 4.57 Å². The molecule has 0 unspecified atom stereocenters. The predicted molar refractivity (Wildman–Crippen MR) is 91.6 cm³/mol. The van der Waals surface area contributed by atoms with Crippen LogP contribution in [0.2, 0.25) is 5.15 Å². The first-order chi connectivity index (χ1) is 11.7. The van der Waals surface area contributed by atoms with Gasteiger partial charge in [0.25, 0.3) is 0 Å². The van der Waals surface area contributed by atoms with E-state index in [2.05, 4.69) is 15.0 Å². The Balaban J connectivity index is 1.77. The summed E-state index contributed by atoms with van der Waals surface area (Å²) >= 11 is 5.99. The van der Waals surface area contributed by atoms with Gasteiger partial charge < -0.3 is 4.74 Å². The van der Waals surface area contributed by atoms with Crippen LogP contribution in [0.3, 0.4) is 0 Å². The molecule has 2 heterocycles. The fourth-order valence-corrected chi connectivity index (χ4v) is 2.34. The van der Waals surface area contributed by atoms with Crippen molar-refractivity contribution in [3.63, 3.8) is 0 Å². The van der Waals surface area contributed by atoms with E-state index in [1.54, 1.807) is 35.2 Å². The topological polar surface area (TPSA) is 69.9 Å². The molecule has 0 radical (unpaired) electrons. The summed E-state index contributed by atoms with van der Waals surface area (Å²) in [6.45, 7) is 2.19. The summed E-state index contributed by atoms with van der Waals surface area (Å²) in [4.78, 5) is 24.3. The van der Waals surface area contributed by atoms with Gasteiger partial charge in [-0.25, -0.2) is 19.7 Å². The van der Waals surface area contributed by atoms with Crippen molar-refractivity contribution < 1.29 is 9.53 Å². The molecule has 3 rings (SSSR count). The van der Waals surface area contributed by atoms with E-state index in [9.17, 15) is 4.79 Å². The van der Waals surface area contributed by atoms with Gasteiger partial charge in [-0.15, -0.1) is 0 Å². The van der Waals surface area contributed by atoms with Crippen LogP contribution in [0, 0.1) is 0 Å². The summed E-state index contributed by atoms with van der Waals surface area (Å²) in [5, 5.41) is 0.306. The van der Waals surface area contributed by atoms with Gasteiger partial charge in [0, 0.05) is 6.20 Å². The maximum Gasteiger partial charge on any atom is 0.338 e. The molecule has 0 fully saturated rings. The Morgan fingerprint density at radius 3 is 2.79 bits per heavy atom. The molecule has 0 spiro atoms. The lowest BCUT2D eigenvalue weighted by Crippen LogP contribution is -2.08. The molecular formula is C17H15ClN4O2. The molecule has 1 aromatic carbocycles. The van der Waals surface area contributed by atoms with Crippen LogP contribution in [-0.2, 0) is 4.74 Å². The summed E-state index contributed by atoms with van der Waals surface area (Å²) < 4.78 is 7.11. The standard InChI is InChI=1S/C17H15ClN4O2/c1-2-12(9-24-17(23)13-6-4-3-5-7-13)8-22-11-21-14-15(18)19-10-20-16(14)22/h3-8,10-11H,2,9H2,1H3/b12-8-. The van der Waals surface area contributed by atoms with Crippen molar-refractivity contribution in [2.45, 2.75) is 13.3 Å². The van der Waals surface area contributed by atoms with Crippen molar-refractivity contribution in [1.29, 1.82) is 0 Å². The number of ether oxygens (including phenoxy) is 1. The van der Waals surface area contributed by atoms with Crippen LogP contribution in [0.1, 0.15) is 23.7 Å². The Labute approximate surface area is 143 Å². The molecule has 0 aliphatic heterocycles. The van der Waals surface area contributed by atoms with Crippen LogP contribution < -0.4 is 0 Å². The number of imidazole rings is 1. The first kappa shape index (κ1) is 16.1. The highest BCUT2D eigenvalue weighted by Gasteiger charge is 2.09. The number of benzene rings is 1. The van der Waals surface area contributed by atoms with Gasteiger partial charge in [-0.05, 0) is 24.1 Å². The highest BCUT2D eigenvalue weighted by molar-refractivity contribution is 6.33. The van der Waals surface area contributed by atoms with Crippen LogP contribution in [0.15, 0.2) is 48.6 Å². The van der Waals surface area contributed by atoms with E-state index >= 15 is 0 Å². The highest BCUT2D eigenvalue weighted by atomic mass is 35.5. The number of esters is 1. The third-order valence-electron chi connectivity index (χ3n) is 3.49. The van der Waals surface area contributed by atoms with Crippen molar-refractivity contribution in [3.8, 4) is 0 Å². The number of hydrogen-bond donors (Lipinski definition) is 0. The van der Waals surface area contributed by atoms with Crippen molar-refractivity contribution in [2.24, 2.45) is 0 Å². The molecule has 0 saturated heterocycles. The average Bonchev–Trinajstić information content (AvgIpc) is 3.03. The molecule has 0 amide bonds. The molecule has 0 aliphatic carbocycles. The number of hydrogen-bond acceptors (Lipinski definition) is 5. The molecule has 0 atom stereocenters. The minimum Gasteiger partial charge on any atom is -0.458 e. The Morgan fingerprint density at radius 1 is 1.25 bits per heavy atom. The van der Waals surface area contributed by atoms with E-state index in [0.29, 0.717) is 21.9 Å². The van der Waals surface area contributed by atoms with Crippen LogP contribution in [0.4, 0.5) is 0 Å². The van der Waals surface area contributed by atoms with Gasteiger partial charge in [0.05, 0.1) is 5.56 Å². The largest absolute Gasteiger partial charge is 0.458 e. The van der Waals surface area contributed by atoms with Crippen LogP contribution in [0.25, 0.3) is 17.4 Å². The van der Waals surface area contributed by atoms with Crippen molar-refractivity contribution in [3.05, 3.63) is 59.3 Å². The summed E-state index contributed by atoms with van der Waals surface area (Å²) in [5.41, 5.74) is 2.59. The molecule has 0 saturated carbocycles. The number of carbonyl (C=O) groups excluding carboxylic acids is 1. The molecule has 0 N–H and O–H groups in total. The number of halogens is 1. The maximum absolute atomic E-state index is 12.0. The Morgan fingerprint density at radius 2 is 2.04 bits per heavy atom. The fraction of sp³-hybridized carbons (Fsp3) is 0.176. The van der Waals surface area contributed by atoms with Crippen LogP contribution >= 0.6 is 11.6 Å². The summed E-state index contributed by atoms with van der Waals surface area (Å²) in [6.07, 6.45) is 5.56. The monoisotopic (exact) mass is 342 g/mol. The lowest BCUT2D eigenvalue weighted by Gasteiger charge is -2.08. The third kappa shape index (κ3) is 3.44. The summed E-state index contributed by atoms with van der Waals surface area (Å²) in [6, 6.07) is 8.90.